The third-order valence-corrected chi connectivity index (χ3v) is 4.93. The zero-order chi connectivity index (χ0) is 26.6. The van der Waals surface area contributed by atoms with Gasteiger partial charge in [-0.25, -0.2) is 8.42 Å². The van der Waals surface area contributed by atoms with Crippen LogP contribution in [-0.4, -0.2) is 61.9 Å². The summed E-state index contributed by atoms with van der Waals surface area (Å²) in [6.45, 7) is -0.469. The predicted molar refractivity (Wildman–Crippen MR) is 68.1 cm³/mol. The normalized spacial score (nSPS) is 15.9. The van der Waals surface area contributed by atoms with Gasteiger partial charge in [-0.05, 0) is 0 Å². The van der Waals surface area contributed by atoms with Gasteiger partial charge < -0.3 is 4.72 Å². The molecule has 0 amide bonds. The van der Waals surface area contributed by atoms with Crippen molar-refractivity contribution in [3.63, 3.8) is 0 Å². The molecule has 0 aromatic rings. The molecular formula is C11H7F17NNaO2S. The van der Waals surface area contributed by atoms with Crippen LogP contribution in [0, 0.1) is 0 Å². The van der Waals surface area contributed by atoms with Crippen molar-refractivity contribution in [3.8, 4) is 0 Å². The molecule has 0 fully saturated rings. The summed E-state index contributed by atoms with van der Waals surface area (Å²) in [6, 6.07) is 0. The van der Waals surface area contributed by atoms with E-state index < -0.39 is 70.0 Å². The van der Waals surface area contributed by atoms with E-state index in [0.717, 1.165) is 6.92 Å². The molecule has 0 saturated heterocycles. The van der Waals surface area contributed by atoms with Gasteiger partial charge in [-0.1, -0.05) is 13.3 Å². The Kier molecular flexibility index (Phi) is 9.84. The van der Waals surface area contributed by atoms with Crippen LogP contribution in [0.15, 0.2) is 0 Å². The van der Waals surface area contributed by atoms with Crippen molar-refractivity contribution < 1.29 is 113 Å². The van der Waals surface area contributed by atoms with Crippen LogP contribution >= 0.6 is 0 Å². The Morgan fingerprint density at radius 3 is 1.09 bits per heavy atom. The number of halogens is 17. The van der Waals surface area contributed by atoms with E-state index in [9.17, 15) is 83.1 Å². The molecule has 0 aromatic carbocycles. The van der Waals surface area contributed by atoms with Crippen LogP contribution in [0.5, 0.6) is 0 Å². The Morgan fingerprint density at radius 1 is 0.545 bits per heavy atom. The number of hydrogen-bond acceptors (Lipinski definition) is 2. The van der Waals surface area contributed by atoms with Gasteiger partial charge in [0.1, 0.15) is 10.0 Å². The van der Waals surface area contributed by atoms with Gasteiger partial charge in [0.05, 0.1) is 0 Å². The molecule has 0 aliphatic rings. The Balaban J connectivity index is 0. The molecular weight excluding hydrogens is 556 g/mol. The summed E-state index contributed by atoms with van der Waals surface area (Å²) in [5.41, 5.74) is 0. The molecule has 22 heteroatoms. The average Bonchev–Trinajstić information content (AvgIpc) is 2.57. The summed E-state index contributed by atoms with van der Waals surface area (Å²) in [6.07, 6.45) is -8.45. The van der Waals surface area contributed by atoms with Gasteiger partial charge in [0, 0.05) is 0 Å². The molecule has 0 radical (unpaired) electrons. The van der Waals surface area contributed by atoms with Crippen molar-refractivity contribution in [1.29, 1.82) is 0 Å². The molecule has 0 spiro atoms. The maximum atomic E-state index is 13.4. The van der Waals surface area contributed by atoms with Crippen molar-refractivity contribution >= 4 is 10.0 Å². The first-order chi connectivity index (χ1) is 13.6. The largest absolute Gasteiger partial charge is 1.00 e. The van der Waals surface area contributed by atoms with Crippen molar-refractivity contribution in [2.24, 2.45) is 0 Å². The van der Waals surface area contributed by atoms with Crippen LogP contribution in [0.4, 0.5) is 74.6 Å². The minimum absolute atomic E-state index is 0. The van der Waals surface area contributed by atoms with E-state index in [1.807, 2.05) is 0 Å². The predicted octanol–water partition coefficient (Wildman–Crippen LogP) is 3.07. The number of rotatable bonds is 10. The fourth-order valence-corrected chi connectivity index (χ4v) is 2.64. The molecule has 0 saturated carbocycles. The molecule has 0 aliphatic heterocycles. The minimum Gasteiger partial charge on any atom is -0.544 e. The summed E-state index contributed by atoms with van der Waals surface area (Å²) in [7, 11) is -7.29. The summed E-state index contributed by atoms with van der Waals surface area (Å²) in [5.74, 6) is -51.5. The van der Waals surface area contributed by atoms with Gasteiger partial charge in [0.25, 0.3) is 0 Å². The minimum atomic E-state index is -8.83. The van der Waals surface area contributed by atoms with Crippen LogP contribution in [0.1, 0.15) is 13.3 Å². The molecule has 0 rings (SSSR count). The topological polar surface area (TPSA) is 48.2 Å². The maximum Gasteiger partial charge on any atom is 1.00 e. The summed E-state index contributed by atoms with van der Waals surface area (Å²) >= 11 is 0. The first-order valence-electron chi connectivity index (χ1n) is 7.21. The van der Waals surface area contributed by atoms with Crippen LogP contribution < -0.4 is 29.6 Å². The molecule has 0 atom stereocenters. The zero-order valence-corrected chi connectivity index (χ0v) is 18.3. The number of nitrogens with zero attached hydrogens (tertiary/aromatic N) is 1. The third-order valence-electron chi connectivity index (χ3n) is 3.50. The Morgan fingerprint density at radius 2 is 0.818 bits per heavy atom. The second kappa shape index (κ2) is 9.30. The molecule has 3 nitrogen and oxygen atoms in total. The molecule has 194 valence electrons. The average molecular weight is 563 g/mol. The van der Waals surface area contributed by atoms with Crippen LogP contribution in [0.3, 0.4) is 0 Å². The molecule has 0 N–H and O–H groups in total. The van der Waals surface area contributed by atoms with Crippen LogP contribution in [0.2, 0.25) is 0 Å². The molecule has 0 bridgehead atoms. The summed E-state index contributed by atoms with van der Waals surface area (Å²) in [5, 5.41) is -7.56. The smallest absolute Gasteiger partial charge is 0.544 e. The van der Waals surface area contributed by atoms with E-state index in [4.69, 9.17) is 0 Å². The second-order valence-electron chi connectivity index (χ2n) is 5.79. The maximum absolute atomic E-state index is 13.4. The first-order valence-corrected chi connectivity index (χ1v) is 8.65. The van der Waals surface area contributed by atoms with E-state index in [2.05, 4.69) is 0 Å². The Bertz CT molecular complexity index is 791. The van der Waals surface area contributed by atoms with Gasteiger partial charge in [-0.2, -0.15) is 74.6 Å². The van der Waals surface area contributed by atoms with Crippen LogP contribution in [0.25, 0.3) is 4.72 Å². The van der Waals surface area contributed by atoms with E-state index in [0.29, 0.717) is 0 Å². The first kappa shape index (κ1) is 34.9. The Hall–Kier alpha value is -0.280. The molecule has 0 unspecified atom stereocenters. The summed E-state index contributed by atoms with van der Waals surface area (Å²) < 4.78 is 244. The molecule has 0 aliphatic carbocycles. The molecule has 33 heavy (non-hydrogen) atoms. The van der Waals surface area contributed by atoms with Gasteiger partial charge in [-0.3, -0.25) is 0 Å². The van der Waals surface area contributed by atoms with Gasteiger partial charge in [-0.15, -0.1) is 6.54 Å². The Labute approximate surface area is 194 Å². The third kappa shape index (κ3) is 4.76. The van der Waals surface area contributed by atoms with Crippen molar-refractivity contribution in [2.45, 2.75) is 60.3 Å². The monoisotopic (exact) mass is 563 g/mol. The van der Waals surface area contributed by atoms with E-state index >= 15 is 0 Å². The van der Waals surface area contributed by atoms with Crippen LogP contribution in [-0.2, 0) is 10.0 Å². The molecule has 0 aromatic heterocycles. The van der Waals surface area contributed by atoms with Gasteiger partial charge in [0.15, 0.2) is 0 Å². The quantitative estimate of drug-likeness (QED) is 0.303. The van der Waals surface area contributed by atoms with E-state index in [1.54, 1.807) is 4.72 Å². The SMILES string of the molecule is CCC[N-]S(=O)(=O)C(F)(F)C(F)(F)C(F)(F)C(F)(F)C(F)(F)C(F)(F)C(F)(F)C(F)(F)F.[Na+]. The fourth-order valence-electron chi connectivity index (χ4n) is 1.60. The molecule has 0 heterocycles. The fraction of sp³-hybridized carbons (Fsp3) is 1.00. The van der Waals surface area contributed by atoms with E-state index in [-0.39, 0.29) is 29.6 Å². The number of alkyl halides is 17. The van der Waals surface area contributed by atoms with Gasteiger partial charge in [0.2, 0.25) is 0 Å². The number of sulfonamides is 1. The second-order valence-corrected chi connectivity index (χ2v) is 7.51. The zero-order valence-electron chi connectivity index (χ0n) is 15.5. The van der Waals surface area contributed by atoms with Crippen molar-refractivity contribution in [3.05, 3.63) is 4.72 Å². The number of hydrogen-bond donors (Lipinski definition) is 0. The van der Waals surface area contributed by atoms with Gasteiger partial charge >= 0.3 is 76.5 Å². The summed E-state index contributed by atoms with van der Waals surface area (Å²) in [4.78, 5) is 0. The van der Waals surface area contributed by atoms with E-state index in [1.165, 1.54) is 0 Å². The van der Waals surface area contributed by atoms with Crippen molar-refractivity contribution in [2.75, 3.05) is 6.54 Å². The van der Waals surface area contributed by atoms with Crippen molar-refractivity contribution in [1.82, 2.24) is 0 Å². The standard InChI is InChI=1S/C11H7F17NO2S.Na/c1-2-3-29-32(30,31)11(27,28)9(22,23)7(18,19)5(14,15)4(12,13)6(16,17)8(20,21)10(24,25)26;/h2-3H2,1H3;/q-1;+1.